The normalized spacial score (nSPS) is 11.2. The van der Waals surface area contributed by atoms with Crippen LogP contribution in [0.25, 0.3) is 212 Å². The standard InChI is InChI=1S/C117H74N10/c1-73-56-88(58-89(57-73)81-50-53-111-99(60-81)97-46-26-27-47-110(97)126(111)114-102(93-42-22-17-37-84(93)69-118)63-90(64-103(114)94-43-23-18-38-85(94)70-119)116-122-106(76-29-8-4-9-30-76)67-107(123-116)77-31-10-5-11-32-77)80-49-48-75(3)98(59-80)83-52-55-113-101(62-83)100-61-82(92-41-21-16-28-74(92)2)51-54-112(100)127(113)115-104(95-44-24-19-39-86(95)71-120)65-91(66-105(115)96-45-25-20-40-87(96)72-121)117-124-108(78-33-12-6-13-34-78)68-109(125-117)79-35-14-7-15-36-79/h4-68H,1-3H3. The van der Waals surface area contributed by atoms with Crippen LogP contribution in [-0.2, 0) is 0 Å². The molecular weight excluding hydrogens is 1550 g/mol. The third-order valence-corrected chi connectivity index (χ3v) is 24.5. The van der Waals surface area contributed by atoms with Gasteiger partial charge in [0.05, 0.1) is 103 Å². The molecule has 4 heterocycles. The van der Waals surface area contributed by atoms with Crippen LogP contribution in [0.3, 0.4) is 0 Å². The van der Waals surface area contributed by atoms with Gasteiger partial charge in [-0.3, -0.25) is 0 Å². The number of aryl methyl sites for hydroxylation is 3. The van der Waals surface area contributed by atoms with Gasteiger partial charge in [0.1, 0.15) is 0 Å². The summed E-state index contributed by atoms with van der Waals surface area (Å²) in [5, 5.41) is 48.8. The Hall–Kier alpha value is -17.5. The van der Waals surface area contributed by atoms with Crippen molar-refractivity contribution >= 4 is 43.6 Å². The van der Waals surface area contributed by atoms with Gasteiger partial charge in [0.15, 0.2) is 11.6 Å². The predicted octanol–water partition coefficient (Wildman–Crippen LogP) is 29.2. The zero-order valence-electron chi connectivity index (χ0n) is 69.5. The zero-order valence-corrected chi connectivity index (χ0v) is 69.5. The first-order valence-electron chi connectivity index (χ1n) is 42.3. The number of fused-ring (bicyclic) bond motifs is 6. The van der Waals surface area contributed by atoms with E-state index in [9.17, 15) is 21.0 Å². The van der Waals surface area contributed by atoms with Gasteiger partial charge in [-0.25, -0.2) is 19.9 Å². The molecule has 0 fully saturated rings. The van der Waals surface area contributed by atoms with Crippen LogP contribution >= 0.6 is 0 Å². The maximum Gasteiger partial charge on any atom is 0.160 e. The first-order chi connectivity index (χ1) is 62.5. The molecule has 0 spiro atoms. The molecule has 0 atom stereocenters. The molecule has 0 aliphatic heterocycles. The number of rotatable bonds is 16. The van der Waals surface area contributed by atoms with E-state index in [1.54, 1.807) is 0 Å². The summed E-state index contributed by atoms with van der Waals surface area (Å²) in [5.41, 5.74) is 33.1. The van der Waals surface area contributed by atoms with Gasteiger partial charge in [-0.15, -0.1) is 0 Å². The number of hydrogen-bond donors (Lipinski definition) is 0. The molecule has 21 rings (SSSR count). The van der Waals surface area contributed by atoms with E-state index in [1.807, 2.05) is 182 Å². The number of nitrogens with zero attached hydrogens (tertiary/aromatic N) is 10. The monoisotopic (exact) mass is 1620 g/mol. The molecule has 0 saturated heterocycles. The minimum Gasteiger partial charge on any atom is -0.308 e. The van der Waals surface area contributed by atoms with Crippen LogP contribution in [0.5, 0.6) is 0 Å². The fourth-order valence-electron chi connectivity index (χ4n) is 18.4. The molecule has 592 valence electrons. The van der Waals surface area contributed by atoms with Gasteiger partial charge >= 0.3 is 0 Å². The highest BCUT2D eigenvalue weighted by molar-refractivity contribution is 6.15. The second kappa shape index (κ2) is 32.5. The van der Waals surface area contributed by atoms with Crippen LogP contribution in [0.2, 0.25) is 0 Å². The summed E-state index contributed by atoms with van der Waals surface area (Å²) in [6.45, 7) is 6.51. The SMILES string of the molecule is Cc1cc(-c2ccc(C)c(-c3ccc4c(c3)c3cc(-c5ccccc5C)ccc3n4-c3c(-c4ccccc4C#N)cc(-c4nc(-c5ccccc5)cc(-c5ccccc5)n4)cc3-c3ccccc3C#N)c2)cc(-c2ccc3c(c2)c2ccccc2n3-c2c(-c3ccccc3C#N)cc(-c3nc(-c4ccccc4)cc(-c4ccccc4)n3)cc2-c2ccccc2C#N)c1. The van der Waals surface area contributed by atoms with E-state index >= 15 is 0 Å². The quantitative estimate of drug-likeness (QED) is 0.0925. The topological polar surface area (TPSA) is 157 Å². The van der Waals surface area contributed by atoms with Crippen molar-refractivity contribution in [1.29, 1.82) is 21.0 Å². The fourth-order valence-corrected chi connectivity index (χ4v) is 18.4. The van der Waals surface area contributed by atoms with Gasteiger partial charge in [0, 0.05) is 99.4 Å². The molecule has 4 aromatic heterocycles. The summed E-state index contributed by atoms with van der Waals surface area (Å²) in [6, 6.07) is 145. The summed E-state index contributed by atoms with van der Waals surface area (Å²) in [7, 11) is 0. The second-order valence-electron chi connectivity index (χ2n) is 32.2. The Morgan fingerprint density at radius 2 is 0.488 bits per heavy atom. The first-order valence-corrected chi connectivity index (χ1v) is 42.3. The Kier molecular flexibility index (Phi) is 19.6. The van der Waals surface area contributed by atoms with Crippen LogP contribution < -0.4 is 0 Å². The molecule has 127 heavy (non-hydrogen) atoms. The molecule has 0 unspecified atom stereocenters. The average Bonchev–Trinajstić information content (AvgIpc) is 1.62. The maximum atomic E-state index is 11.3. The van der Waals surface area contributed by atoms with Crippen molar-refractivity contribution in [2.45, 2.75) is 20.8 Å². The van der Waals surface area contributed by atoms with E-state index in [4.69, 9.17) is 19.9 Å². The molecule has 0 saturated carbocycles. The van der Waals surface area contributed by atoms with Crippen molar-refractivity contribution in [2.24, 2.45) is 0 Å². The maximum absolute atomic E-state index is 11.3. The van der Waals surface area contributed by atoms with E-state index in [0.717, 1.165) is 183 Å². The minimum atomic E-state index is 0.482. The third-order valence-electron chi connectivity index (χ3n) is 24.5. The highest BCUT2D eigenvalue weighted by Crippen LogP contribution is 2.50. The Labute approximate surface area is 735 Å². The summed E-state index contributed by atoms with van der Waals surface area (Å²) in [4.78, 5) is 21.5. The number of hydrogen-bond acceptors (Lipinski definition) is 8. The fraction of sp³-hybridized carbons (Fsp3) is 0.0256. The second-order valence-corrected chi connectivity index (χ2v) is 32.2. The van der Waals surface area contributed by atoms with Crippen molar-refractivity contribution in [3.63, 3.8) is 0 Å². The van der Waals surface area contributed by atoms with E-state index in [2.05, 4.69) is 267 Å². The van der Waals surface area contributed by atoms with Crippen LogP contribution in [0.4, 0.5) is 0 Å². The molecule has 0 N–H and O–H groups in total. The lowest BCUT2D eigenvalue weighted by molar-refractivity contribution is 1.16. The van der Waals surface area contributed by atoms with E-state index in [-0.39, 0.29) is 0 Å². The third kappa shape index (κ3) is 14.0. The number of benzene rings is 17. The lowest BCUT2D eigenvalue weighted by atomic mass is 9.89. The van der Waals surface area contributed by atoms with Gasteiger partial charge in [-0.2, -0.15) is 21.0 Å². The van der Waals surface area contributed by atoms with Crippen molar-refractivity contribution in [3.8, 4) is 192 Å². The van der Waals surface area contributed by atoms with Crippen molar-refractivity contribution < 1.29 is 0 Å². The number of aromatic nitrogens is 6. The van der Waals surface area contributed by atoms with Gasteiger partial charge in [-0.05, 0) is 197 Å². The molecule has 17 aromatic carbocycles. The van der Waals surface area contributed by atoms with Crippen molar-refractivity contribution in [3.05, 3.63) is 433 Å². The average molecular weight is 1620 g/mol. The summed E-state index contributed by atoms with van der Waals surface area (Å²) >= 11 is 0. The summed E-state index contributed by atoms with van der Waals surface area (Å²) in [6.07, 6.45) is 0. The Balaban J connectivity index is 0.731. The predicted molar refractivity (Wildman–Crippen MR) is 515 cm³/mol. The smallest absolute Gasteiger partial charge is 0.160 e. The molecule has 10 nitrogen and oxygen atoms in total. The molecule has 21 aromatic rings. The highest BCUT2D eigenvalue weighted by Gasteiger charge is 2.30. The zero-order chi connectivity index (χ0) is 85.8. The van der Waals surface area contributed by atoms with Crippen LogP contribution in [0.15, 0.2) is 394 Å². The van der Waals surface area contributed by atoms with Crippen LogP contribution in [0.1, 0.15) is 38.9 Å². The molecule has 0 radical (unpaired) electrons. The van der Waals surface area contributed by atoms with E-state index in [0.29, 0.717) is 67.3 Å². The van der Waals surface area contributed by atoms with Crippen LogP contribution in [-0.4, -0.2) is 29.1 Å². The Bertz CT molecular complexity index is 7940. The van der Waals surface area contributed by atoms with Crippen molar-refractivity contribution in [2.75, 3.05) is 0 Å². The van der Waals surface area contributed by atoms with Gasteiger partial charge < -0.3 is 9.13 Å². The molecule has 0 aliphatic carbocycles. The lowest BCUT2D eigenvalue weighted by Crippen LogP contribution is -2.04. The summed E-state index contributed by atoms with van der Waals surface area (Å²) < 4.78 is 4.66. The molecule has 10 heteroatoms. The lowest BCUT2D eigenvalue weighted by Gasteiger charge is -2.22. The van der Waals surface area contributed by atoms with Crippen molar-refractivity contribution in [1.82, 2.24) is 29.1 Å². The summed E-state index contributed by atoms with van der Waals surface area (Å²) in [5.74, 6) is 0.970. The highest BCUT2D eigenvalue weighted by atomic mass is 15.0. The van der Waals surface area contributed by atoms with Gasteiger partial charge in [0.2, 0.25) is 0 Å². The molecular formula is C117H74N10. The molecule has 0 bridgehead atoms. The first kappa shape index (κ1) is 76.8. The largest absolute Gasteiger partial charge is 0.308 e. The van der Waals surface area contributed by atoms with E-state index in [1.165, 1.54) is 0 Å². The minimum absolute atomic E-state index is 0.482. The molecule has 0 amide bonds. The van der Waals surface area contributed by atoms with Gasteiger partial charge in [0.25, 0.3) is 0 Å². The number of para-hydroxylation sites is 1. The van der Waals surface area contributed by atoms with E-state index < -0.39 is 0 Å². The van der Waals surface area contributed by atoms with Crippen LogP contribution in [0, 0.1) is 66.1 Å². The van der Waals surface area contributed by atoms with Gasteiger partial charge in [-0.1, -0.05) is 279 Å². The number of nitriles is 4. The Morgan fingerprint density at radius 1 is 0.197 bits per heavy atom. The Morgan fingerprint density at radius 3 is 0.882 bits per heavy atom. The molecule has 0 aliphatic rings.